The zero-order valence-electron chi connectivity index (χ0n) is 10.5. The molecule has 0 amide bonds. The molecule has 0 aromatic carbocycles. The maximum absolute atomic E-state index is 11.1. The minimum absolute atomic E-state index is 0.0128. The summed E-state index contributed by atoms with van der Waals surface area (Å²) in [6.07, 6.45) is 3.07. The summed E-state index contributed by atoms with van der Waals surface area (Å²) in [5.41, 5.74) is 0. The van der Waals surface area contributed by atoms with E-state index in [1.54, 1.807) is 0 Å². The smallest absolute Gasteiger partial charge is 0.308 e. The van der Waals surface area contributed by atoms with Crippen LogP contribution in [0.3, 0.4) is 0 Å². The molecule has 0 aromatic rings. The number of methoxy groups -OCH3 is 1. The average Bonchev–Trinajstić information content (AvgIpc) is 2.88. The van der Waals surface area contributed by atoms with E-state index in [1.165, 1.54) is 7.11 Å². The number of rotatable bonds is 4. The van der Waals surface area contributed by atoms with Gasteiger partial charge in [0.05, 0.1) is 32.3 Å². The lowest BCUT2D eigenvalue weighted by molar-refractivity contribution is -0.385. The second kappa shape index (κ2) is 6.47. The molecule has 0 radical (unpaired) electrons. The molecule has 1 N–H and O–H groups in total. The van der Waals surface area contributed by atoms with Gasteiger partial charge in [0.15, 0.2) is 0 Å². The van der Waals surface area contributed by atoms with E-state index in [0.29, 0.717) is 0 Å². The van der Waals surface area contributed by atoms with Crippen LogP contribution in [0, 0.1) is 0 Å². The second-order valence-electron chi connectivity index (χ2n) is 4.77. The van der Waals surface area contributed by atoms with Gasteiger partial charge in [-0.1, -0.05) is 0 Å². The van der Waals surface area contributed by atoms with Crippen LogP contribution < -0.4 is 0 Å². The first kappa shape index (κ1) is 13.7. The van der Waals surface area contributed by atoms with Gasteiger partial charge in [-0.15, -0.1) is 0 Å². The first-order valence-corrected chi connectivity index (χ1v) is 6.38. The highest BCUT2D eigenvalue weighted by Crippen LogP contribution is 2.29. The minimum Gasteiger partial charge on any atom is -0.469 e. The molecule has 2 unspecified atom stereocenters. The predicted molar refractivity (Wildman–Crippen MR) is 60.6 cm³/mol. The van der Waals surface area contributed by atoms with E-state index in [1.807, 2.05) is 0 Å². The number of aliphatic hydroxyl groups is 1. The Bertz CT molecular complexity index is 274. The Labute approximate surface area is 106 Å². The number of ether oxygens (including phenoxy) is 2. The van der Waals surface area contributed by atoms with E-state index in [4.69, 9.17) is 19.6 Å². The normalized spacial score (nSPS) is 36.6. The Balaban J connectivity index is 1.72. The molecule has 2 heterocycles. The molecule has 6 heteroatoms. The molecule has 2 rings (SSSR count). The highest BCUT2D eigenvalue weighted by Gasteiger charge is 2.36. The SMILES string of the molecule is COC(=O)C[C@@H]1CCC([C@H]2CCC(CO)O2)OO1. The topological polar surface area (TPSA) is 74.2 Å². The molecule has 2 aliphatic heterocycles. The summed E-state index contributed by atoms with van der Waals surface area (Å²) < 4.78 is 10.2. The van der Waals surface area contributed by atoms with Gasteiger partial charge in [-0.3, -0.25) is 4.79 Å². The minimum atomic E-state index is -0.292. The van der Waals surface area contributed by atoms with Crippen molar-refractivity contribution in [3.05, 3.63) is 0 Å². The van der Waals surface area contributed by atoms with E-state index in [-0.39, 0.29) is 43.4 Å². The fourth-order valence-electron chi connectivity index (χ4n) is 2.39. The monoisotopic (exact) mass is 260 g/mol. The maximum Gasteiger partial charge on any atom is 0.308 e. The first-order valence-electron chi connectivity index (χ1n) is 6.38. The molecule has 0 aromatic heterocycles. The third-order valence-corrected chi connectivity index (χ3v) is 3.47. The summed E-state index contributed by atoms with van der Waals surface area (Å²) in [6.45, 7) is 0.0506. The molecule has 18 heavy (non-hydrogen) atoms. The lowest BCUT2D eigenvalue weighted by Gasteiger charge is -2.30. The van der Waals surface area contributed by atoms with Crippen LogP contribution in [0.4, 0.5) is 0 Å². The van der Waals surface area contributed by atoms with E-state index >= 15 is 0 Å². The van der Waals surface area contributed by atoms with E-state index in [2.05, 4.69) is 4.74 Å². The van der Waals surface area contributed by atoms with Gasteiger partial charge in [-0.05, 0) is 25.7 Å². The van der Waals surface area contributed by atoms with Crippen LogP contribution in [-0.2, 0) is 24.0 Å². The summed E-state index contributed by atoms with van der Waals surface area (Å²) in [5, 5.41) is 9.00. The molecule has 2 aliphatic rings. The van der Waals surface area contributed by atoms with Gasteiger partial charge < -0.3 is 14.6 Å². The van der Waals surface area contributed by atoms with Crippen molar-refractivity contribution in [3.63, 3.8) is 0 Å². The van der Waals surface area contributed by atoms with Crippen LogP contribution in [0.2, 0.25) is 0 Å². The molecular formula is C12H20O6. The van der Waals surface area contributed by atoms with Crippen molar-refractivity contribution in [1.29, 1.82) is 0 Å². The molecule has 0 aliphatic carbocycles. The fraction of sp³-hybridized carbons (Fsp3) is 0.917. The number of esters is 1. The van der Waals surface area contributed by atoms with Crippen molar-refractivity contribution in [2.75, 3.05) is 13.7 Å². The molecule has 0 bridgehead atoms. The molecule has 2 fully saturated rings. The molecule has 0 spiro atoms. The second-order valence-corrected chi connectivity index (χ2v) is 4.77. The van der Waals surface area contributed by atoms with Crippen LogP contribution >= 0.6 is 0 Å². The van der Waals surface area contributed by atoms with Gasteiger partial charge in [0.2, 0.25) is 0 Å². The van der Waals surface area contributed by atoms with Crippen LogP contribution in [0.15, 0.2) is 0 Å². The van der Waals surface area contributed by atoms with Crippen molar-refractivity contribution in [2.24, 2.45) is 0 Å². The summed E-state index contributed by atoms with van der Waals surface area (Å²) in [6, 6.07) is 0. The zero-order valence-corrected chi connectivity index (χ0v) is 10.5. The summed E-state index contributed by atoms with van der Waals surface area (Å²) in [4.78, 5) is 21.6. The largest absolute Gasteiger partial charge is 0.469 e. The molecular weight excluding hydrogens is 240 g/mol. The zero-order chi connectivity index (χ0) is 13.0. The van der Waals surface area contributed by atoms with Gasteiger partial charge in [0.25, 0.3) is 0 Å². The van der Waals surface area contributed by atoms with Crippen LogP contribution in [0.1, 0.15) is 32.1 Å². The summed E-state index contributed by atoms with van der Waals surface area (Å²) in [5.74, 6) is -0.292. The van der Waals surface area contributed by atoms with Gasteiger partial charge in [-0.2, -0.15) is 0 Å². The average molecular weight is 260 g/mol. The lowest BCUT2D eigenvalue weighted by atomic mass is 10.0. The first-order chi connectivity index (χ1) is 8.72. The Kier molecular flexibility index (Phi) is 4.94. The van der Waals surface area contributed by atoms with Crippen molar-refractivity contribution < 1.29 is 29.1 Å². The van der Waals surface area contributed by atoms with E-state index in [0.717, 1.165) is 25.7 Å². The van der Waals surface area contributed by atoms with Gasteiger partial charge in [-0.25, -0.2) is 9.78 Å². The molecule has 6 nitrogen and oxygen atoms in total. The fourth-order valence-corrected chi connectivity index (χ4v) is 2.39. The third kappa shape index (κ3) is 3.41. The van der Waals surface area contributed by atoms with E-state index in [9.17, 15) is 4.79 Å². The number of carbonyl (C=O) groups is 1. The number of hydrogen-bond acceptors (Lipinski definition) is 6. The number of aliphatic hydroxyl groups excluding tert-OH is 1. The Morgan fingerprint density at radius 3 is 2.44 bits per heavy atom. The van der Waals surface area contributed by atoms with Gasteiger partial charge in [0, 0.05) is 0 Å². The lowest BCUT2D eigenvalue weighted by Crippen LogP contribution is -2.37. The van der Waals surface area contributed by atoms with Crippen molar-refractivity contribution >= 4 is 5.97 Å². The van der Waals surface area contributed by atoms with Crippen LogP contribution in [0.5, 0.6) is 0 Å². The van der Waals surface area contributed by atoms with Gasteiger partial charge in [0.1, 0.15) is 12.2 Å². The number of carbonyl (C=O) groups excluding carboxylic acids is 1. The van der Waals surface area contributed by atoms with E-state index < -0.39 is 0 Å². The van der Waals surface area contributed by atoms with Gasteiger partial charge >= 0.3 is 5.97 Å². The Morgan fingerprint density at radius 2 is 1.89 bits per heavy atom. The number of hydrogen-bond donors (Lipinski definition) is 1. The Hall–Kier alpha value is -0.690. The van der Waals surface area contributed by atoms with Crippen molar-refractivity contribution in [2.45, 2.75) is 56.5 Å². The Morgan fingerprint density at radius 1 is 1.17 bits per heavy atom. The third-order valence-electron chi connectivity index (χ3n) is 3.47. The van der Waals surface area contributed by atoms with Crippen molar-refractivity contribution in [1.82, 2.24) is 0 Å². The quantitative estimate of drug-likeness (QED) is 0.588. The summed E-state index contributed by atoms with van der Waals surface area (Å²) in [7, 11) is 1.36. The van der Waals surface area contributed by atoms with Crippen LogP contribution in [-0.4, -0.2) is 49.2 Å². The highest BCUT2D eigenvalue weighted by molar-refractivity contribution is 5.69. The molecule has 0 saturated carbocycles. The summed E-state index contributed by atoms with van der Waals surface area (Å²) >= 11 is 0. The molecule has 4 atom stereocenters. The molecule has 2 saturated heterocycles. The van der Waals surface area contributed by atoms with Crippen molar-refractivity contribution in [3.8, 4) is 0 Å². The predicted octanol–water partition coefficient (Wildman–Crippen LogP) is 0.569. The van der Waals surface area contributed by atoms with Crippen LogP contribution in [0.25, 0.3) is 0 Å². The maximum atomic E-state index is 11.1. The standard InChI is InChI=1S/C12H20O6/c1-15-12(14)6-8-2-5-11(18-17-8)10-4-3-9(7-13)16-10/h8-11,13H,2-7H2,1H3/t8-,9?,10+,11?/m0/s1. The highest BCUT2D eigenvalue weighted by atomic mass is 17.2. The molecule has 104 valence electrons.